The lowest BCUT2D eigenvalue weighted by atomic mass is 10.1. The Hall–Kier alpha value is -2.44. The fourth-order valence-corrected chi connectivity index (χ4v) is 5.88. The van der Waals surface area contributed by atoms with Crippen LogP contribution < -0.4 is 21.2 Å². The topological polar surface area (TPSA) is 29.1 Å². The van der Waals surface area contributed by atoms with Gasteiger partial charge in [-0.25, -0.2) is 0 Å². The minimum atomic E-state index is -0.797. The lowest BCUT2D eigenvalue weighted by Gasteiger charge is -2.23. The smallest absolute Gasteiger partial charge is 0.252 e. The summed E-state index contributed by atoms with van der Waals surface area (Å²) in [4.78, 5) is 13.2. The fourth-order valence-electron chi connectivity index (χ4n) is 3.43. The Labute approximate surface area is 169 Å². The van der Waals surface area contributed by atoms with E-state index in [0.717, 1.165) is 30.1 Å². The van der Waals surface area contributed by atoms with Gasteiger partial charge >= 0.3 is 0 Å². The molecule has 0 bridgehead atoms. The van der Waals surface area contributed by atoms with E-state index in [4.69, 9.17) is 0 Å². The van der Waals surface area contributed by atoms with Gasteiger partial charge in [-0.1, -0.05) is 99.1 Å². The van der Waals surface area contributed by atoms with Gasteiger partial charge < -0.3 is 5.32 Å². The van der Waals surface area contributed by atoms with Gasteiger partial charge in [0.1, 0.15) is 0 Å². The highest BCUT2D eigenvalue weighted by Gasteiger charge is 2.23. The molecule has 1 amide bonds. The molecule has 0 radical (unpaired) electrons. The Morgan fingerprint density at radius 3 is 1.89 bits per heavy atom. The number of carbonyl (C=O) groups is 1. The molecule has 0 saturated carbocycles. The summed E-state index contributed by atoms with van der Waals surface area (Å²) in [5, 5.41) is 6.87. The number of hydrogen-bond acceptors (Lipinski definition) is 1. The van der Waals surface area contributed by atoms with E-state index in [-0.39, 0.29) is 11.9 Å². The second-order valence-corrected chi connectivity index (χ2v) is 9.08. The summed E-state index contributed by atoms with van der Waals surface area (Å²) in [6.45, 7) is 4.29. The van der Waals surface area contributed by atoms with Crippen LogP contribution in [0.25, 0.3) is 0 Å². The van der Waals surface area contributed by atoms with Crippen LogP contribution in [0.5, 0.6) is 0 Å². The van der Waals surface area contributed by atoms with Crippen molar-refractivity contribution in [2.75, 3.05) is 0 Å². The van der Waals surface area contributed by atoms with Crippen molar-refractivity contribution < 1.29 is 4.79 Å². The van der Waals surface area contributed by atoms with Gasteiger partial charge in [-0.15, -0.1) is 0 Å². The van der Waals surface area contributed by atoms with Crippen LogP contribution in [0, 0.1) is 0 Å². The Morgan fingerprint density at radius 2 is 1.36 bits per heavy atom. The fraction of sp³-hybridized carbons (Fsp3) is 0.240. The number of nitrogens with one attached hydrogen (secondary N) is 1. The maximum Gasteiger partial charge on any atom is 0.252 e. The minimum Gasteiger partial charge on any atom is -0.349 e. The molecular weight excluding hydrogens is 361 g/mol. The van der Waals surface area contributed by atoms with Crippen LogP contribution in [0.15, 0.2) is 84.9 Å². The first kappa shape index (κ1) is 20.3. The molecule has 3 rings (SSSR count). The maximum absolute atomic E-state index is 13.2. The maximum atomic E-state index is 13.2. The molecule has 3 aromatic carbocycles. The third-order valence-electron chi connectivity index (χ3n) is 4.88. The molecule has 0 fully saturated rings. The summed E-state index contributed by atoms with van der Waals surface area (Å²) in [6.07, 6.45) is 3.03. The van der Waals surface area contributed by atoms with Crippen LogP contribution >= 0.6 is 7.92 Å². The van der Waals surface area contributed by atoms with Gasteiger partial charge in [0.25, 0.3) is 5.91 Å². The summed E-state index contributed by atoms with van der Waals surface area (Å²) >= 11 is 0. The lowest BCUT2D eigenvalue weighted by molar-refractivity contribution is 0.0935. The van der Waals surface area contributed by atoms with Crippen molar-refractivity contribution in [1.29, 1.82) is 0 Å². The summed E-state index contributed by atoms with van der Waals surface area (Å²) < 4.78 is 0. The van der Waals surface area contributed by atoms with Crippen molar-refractivity contribution in [3.63, 3.8) is 0 Å². The highest BCUT2D eigenvalue weighted by molar-refractivity contribution is 7.80. The van der Waals surface area contributed by atoms with Crippen LogP contribution in [0.2, 0.25) is 0 Å². The minimum absolute atomic E-state index is 0.0373. The van der Waals surface area contributed by atoms with Crippen molar-refractivity contribution in [2.24, 2.45) is 0 Å². The first-order chi connectivity index (χ1) is 13.7. The number of benzene rings is 3. The standard InChI is InChI=1S/C25H28NOP/c1-3-13-20(4-2)26-25(27)23-18-11-12-19-24(23)28(21-14-7-5-8-15-21)22-16-9-6-10-17-22/h5-12,14-20H,3-4,13H2,1-2H3,(H,26,27). The molecule has 0 aromatic heterocycles. The van der Waals surface area contributed by atoms with Crippen LogP contribution in [0.4, 0.5) is 0 Å². The predicted octanol–water partition coefficient (Wildman–Crippen LogP) is 4.75. The van der Waals surface area contributed by atoms with Crippen molar-refractivity contribution in [2.45, 2.75) is 39.2 Å². The third-order valence-corrected chi connectivity index (χ3v) is 7.38. The zero-order chi connectivity index (χ0) is 19.8. The molecule has 1 unspecified atom stereocenters. The summed E-state index contributed by atoms with van der Waals surface area (Å²) in [6, 6.07) is 29.3. The first-order valence-electron chi connectivity index (χ1n) is 10.0. The molecule has 1 N–H and O–H groups in total. The van der Waals surface area contributed by atoms with Crippen LogP contribution in [0.3, 0.4) is 0 Å². The number of hydrogen-bond donors (Lipinski definition) is 1. The van der Waals surface area contributed by atoms with Gasteiger partial charge in [-0.2, -0.15) is 0 Å². The van der Waals surface area contributed by atoms with E-state index < -0.39 is 7.92 Å². The molecule has 0 aliphatic carbocycles. The predicted molar refractivity (Wildman–Crippen MR) is 122 cm³/mol. The molecule has 0 saturated heterocycles. The van der Waals surface area contributed by atoms with Crippen molar-refractivity contribution in [3.8, 4) is 0 Å². The normalized spacial score (nSPS) is 12.0. The monoisotopic (exact) mass is 389 g/mol. The van der Waals surface area contributed by atoms with Crippen LogP contribution in [-0.2, 0) is 0 Å². The van der Waals surface area contributed by atoms with E-state index in [1.165, 1.54) is 10.6 Å². The first-order valence-corrected chi connectivity index (χ1v) is 11.4. The summed E-state index contributed by atoms with van der Waals surface area (Å²) in [7, 11) is -0.797. The quantitative estimate of drug-likeness (QED) is 0.553. The second kappa shape index (κ2) is 10.2. The Bertz CT molecular complexity index is 840. The number of carbonyl (C=O) groups excluding carboxylic acids is 1. The molecule has 3 heteroatoms. The molecule has 0 aliphatic rings. The van der Waals surface area contributed by atoms with Gasteiger partial charge in [0.15, 0.2) is 0 Å². The zero-order valence-electron chi connectivity index (χ0n) is 16.6. The number of rotatable bonds is 8. The van der Waals surface area contributed by atoms with Crippen LogP contribution in [0.1, 0.15) is 43.5 Å². The van der Waals surface area contributed by atoms with Gasteiger partial charge in [-0.05, 0) is 42.7 Å². The molecule has 0 heterocycles. The molecule has 2 nitrogen and oxygen atoms in total. The van der Waals surface area contributed by atoms with E-state index in [0.29, 0.717) is 0 Å². The van der Waals surface area contributed by atoms with Crippen LogP contribution in [-0.4, -0.2) is 11.9 Å². The largest absolute Gasteiger partial charge is 0.349 e. The van der Waals surface area contributed by atoms with Gasteiger partial charge in [0.05, 0.1) is 0 Å². The SMILES string of the molecule is CCCC(CC)NC(=O)c1ccccc1P(c1ccccc1)c1ccccc1. The van der Waals surface area contributed by atoms with E-state index in [9.17, 15) is 4.79 Å². The van der Waals surface area contributed by atoms with Crippen molar-refractivity contribution >= 4 is 29.7 Å². The summed E-state index contributed by atoms with van der Waals surface area (Å²) in [5.41, 5.74) is 0.788. The molecule has 0 spiro atoms. The van der Waals surface area contributed by atoms with Crippen molar-refractivity contribution in [3.05, 3.63) is 90.5 Å². The molecular formula is C25H28NOP. The highest BCUT2D eigenvalue weighted by Crippen LogP contribution is 2.34. The average molecular weight is 389 g/mol. The average Bonchev–Trinajstić information content (AvgIpc) is 2.75. The highest BCUT2D eigenvalue weighted by atomic mass is 31.1. The second-order valence-electron chi connectivity index (χ2n) is 6.89. The van der Waals surface area contributed by atoms with Crippen molar-refractivity contribution in [1.82, 2.24) is 5.32 Å². The molecule has 144 valence electrons. The lowest BCUT2D eigenvalue weighted by Crippen LogP contribution is -2.37. The third kappa shape index (κ3) is 4.88. The number of amides is 1. The summed E-state index contributed by atoms with van der Waals surface area (Å²) in [5.74, 6) is 0.0373. The van der Waals surface area contributed by atoms with Gasteiger partial charge in [0.2, 0.25) is 0 Å². The Morgan fingerprint density at radius 1 is 0.821 bits per heavy atom. The molecule has 28 heavy (non-hydrogen) atoms. The van der Waals surface area contributed by atoms with Gasteiger partial charge in [0, 0.05) is 11.6 Å². The van der Waals surface area contributed by atoms with Gasteiger partial charge in [-0.3, -0.25) is 4.79 Å². The molecule has 1 atom stereocenters. The Kier molecular flexibility index (Phi) is 7.39. The molecule has 3 aromatic rings. The van der Waals surface area contributed by atoms with E-state index >= 15 is 0 Å². The van der Waals surface area contributed by atoms with E-state index in [1.54, 1.807) is 0 Å². The Balaban J connectivity index is 2.04. The van der Waals surface area contributed by atoms with E-state index in [1.807, 2.05) is 30.3 Å². The molecule has 0 aliphatic heterocycles. The zero-order valence-corrected chi connectivity index (χ0v) is 17.5. The van der Waals surface area contributed by atoms with E-state index in [2.05, 4.69) is 73.8 Å².